The van der Waals surface area contributed by atoms with Gasteiger partial charge in [0.05, 0.1) is 5.69 Å². The molecule has 2 aromatic rings. The highest BCUT2D eigenvalue weighted by Crippen LogP contribution is 2.25. The fraction of sp³-hybridized carbons (Fsp3) is 0.286. The molecule has 3 nitrogen and oxygen atoms in total. The van der Waals surface area contributed by atoms with E-state index >= 15 is 0 Å². The van der Waals surface area contributed by atoms with Crippen molar-refractivity contribution in [3.8, 4) is 11.3 Å². The Kier molecular flexibility index (Phi) is 3.74. The summed E-state index contributed by atoms with van der Waals surface area (Å²) in [6, 6.07) is 4.71. The third kappa shape index (κ3) is 2.70. The second kappa shape index (κ2) is 5.30. The smallest absolute Gasteiger partial charge is 0.223 e. The lowest BCUT2D eigenvalue weighted by molar-refractivity contribution is 0.505. The number of halogens is 2. The summed E-state index contributed by atoms with van der Waals surface area (Å²) < 4.78 is 27.5. The van der Waals surface area contributed by atoms with Gasteiger partial charge in [0.15, 0.2) is 11.6 Å². The van der Waals surface area contributed by atoms with Crippen molar-refractivity contribution in [3.63, 3.8) is 0 Å². The molecular formula is C14H15F2N3. The van der Waals surface area contributed by atoms with Crippen molar-refractivity contribution in [2.45, 2.75) is 20.8 Å². The van der Waals surface area contributed by atoms with Gasteiger partial charge < -0.3 is 5.32 Å². The zero-order valence-corrected chi connectivity index (χ0v) is 11.1. The summed E-state index contributed by atoms with van der Waals surface area (Å²) in [6.45, 7) is 5.89. The second-order valence-electron chi connectivity index (χ2n) is 4.31. The number of benzene rings is 1. The number of nitrogens with zero attached hydrogens (tertiary/aromatic N) is 2. The lowest BCUT2D eigenvalue weighted by Crippen LogP contribution is -2.04. The number of hydrogen-bond acceptors (Lipinski definition) is 3. The Balaban J connectivity index is 2.55. The maximum absolute atomic E-state index is 13.9. The summed E-state index contributed by atoms with van der Waals surface area (Å²) in [4.78, 5) is 8.38. The molecule has 19 heavy (non-hydrogen) atoms. The molecule has 1 aromatic carbocycles. The molecule has 0 atom stereocenters. The molecule has 2 rings (SSSR count). The normalized spacial score (nSPS) is 10.6. The minimum atomic E-state index is -0.874. The first-order chi connectivity index (χ1) is 9.02. The van der Waals surface area contributed by atoms with Crippen LogP contribution in [0.2, 0.25) is 0 Å². The van der Waals surface area contributed by atoms with Gasteiger partial charge in [0.25, 0.3) is 0 Å². The standard InChI is InChI=1S/C14H15F2N3/c1-4-17-14-18-9(3)7-11(19-14)10-6-5-8(2)12(15)13(10)16/h5-7H,4H2,1-3H3,(H,17,18,19). The van der Waals surface area contributed by atoms with E-state index in [2.05, 4.69) is 15.3 Å². The highest BCUT2D eigenvalue weighted by atomic mass is 19.2. The monoisotopic (exact) mass is 263 g/mol. The lowest BCUT2D eigenvalue weighted by atomic mass is 10.1. The van der Waals surface area contributed by atoms with Crippen LogP contribution in [0.5, 0.6) is 0 Å². The van der Waals surface area contributed by atoms with Crippen LogP contribution in [0, 0.1) is 25.5 Å². The number of nitrogens with one attached hydrogen (secondary N) is 1. The summed E-state index contributed by atoms with van der Waals surface area (Å²) >= 11 is 0. The first kappa shape index (κ1) is 13.4. The zero-order valence-electron chi connectivity index (χ0n) is 11.1. The Morgan fingerprint density at radius 1 is 1.11 bits per heavy atom. The molecule has 5 heteroatoms. The highest BCUT2D eigenvalue weighted by Gasteiger charge is 2.14. The molecule has 0 radical (unpaired) electrons. The van der Waals surface area contributed by atoms with Gasteiger partial charge in [-0.1, -0.05) is 6.07 Å². The summed E-state index contributed by atoms with van der Waals surface area (Å²) in [5.74, 6) is -1.29. The SMILES string of the molecule is CCNc1nc(C)cc(-c2ccc(C)c(F)c2F)n1. The fourth-order valence-electron chi connectivity index (χ4n) is 1.79. The number of hydrogen-bond donors (Lipinski definition) is 1. The number of aromatic nitrogens is 2. The van der Waals surface area contributed by atoms with Gasteiger partial charge in [-0.25, -0.2) is 18.7 Å². The van der Waals surface area contributed by atoms with E-state index in [4.69, 9.17) is 0 Å². The van der Waals surface area contributed by atoms with E-state index in [1.165, 1.54) is 19.1 Å². The number of aryl methyl sites for hydroxylation is 2. The van der Waals surface area contributed by atoms with Crippen LogP contribution in [0.15, 0.2) is 18.2 Å². The van der Waals surface area contributed by atoms with E-state index in [1.807, 2.05) is 6.92 Å². The first-order valence-corrected chi connectivity index (χ1v) is 6.07. The maximum Gasteiger partial charge on any atom is 0.223 e. The van der Waals surface area contributed by atoms with Gasteiger partial charge in [0.2, 0.25) is 5.95 Å². The molecule has 0 spiro atoms. The van der Waals surface area contributed by atoms with Gasteiger partial charge in [-0.05, 0) is 38.5 Å². The molecule has 0 saturated heterocycles. The molecule has 0 saturated carbocycles. The molecule has 1 N–H and O–H groups in total. The minimum absolute atomic E-state index is 0.146. The quantitative estimate of drug-likeness (QED) is 0.921. The van der Waals surface area contributed by atoms with Crippen LogP contribution < -0.4 is 5.32 Å². The topological polar surface area (TPSA) is 37.8 Å². The average molecular weight is 263 g/mol. The summed E-state index contributed by atoms with van der Waals surface area (Å²) in [7, 11) is 0. The minimum Gasteiger partial charge on any atom is -0.354 e. The molecule has 0 fully saturated rings. The lowest BCUT2D eigenvalue weighted by Gasteiger charge is -2.09. The van der Waals surface area contributed by atoms with Crippen LogP contribution in [-0.4, -0.2) is 16.5 Å². The van der Waals surface area contributed by atoms with Crippen LogP contribution in [0.4, 0.5) is 14.7 Å². The van der Waals surface area contributed by atoms with Crippen molar-refractivity contribution >= 4 is 5.95 Å². The Morgan fingerprint density at radius 2 is 1.84 bits per heavy atom. The largest absolute Gasteiger partial charge is 0.354 e. The van der Waals surface area contributed by atoms with Crippen molar-refractivity contribution in [2.75, 3.05) is 11.9 Å². The molecule has 0 aliphatic carbocycles. The van der Waals surface area contributed by atoms with Gasteiger partial charge in [0.1, 0.15) is 0 Å². The van der Waals surface area contributed by atoms with Crippen LogP contribution in [0.25, 0.3) is 11.3 Å². The van der Waals surface area contributed by atoms with E-state index in [-0.39, 0.29) is 11.1 Å². The Hall–Kier alpha value is -2.04. The Morgan fingerprint density at radius 3 is 2.53 bits per heavy atom. The summed E-state index contributed by atoms with van der Waals surface area (Å²) in [6.07, 6.45) is 0. The molecule has 0 aliphatic rings. The number of rotatable bonds is 3. The van der Waals surface area contributed by atoms with Crippen LogP contribution in [0.1, 0.15) is 18.2 Å². The summed E-state index contributed by atoms with van der Waals surface area (Å²) in [5.41, 5.74) is 1.49. The van der Waals surface area contributed by atoms with Gasteiger partial charge in [-0.2, -0.15) is 0 Å². The predicted molar refractivity (Wildman–Crippen MR) is 71.0 cm³/mol. The van der Waals surface area contributed by atoms with Crippen molar-refractivity contribution in [3.05, 3.63) is 41.1 Å². The molecule has 100 valence electrons. The van der Waals surface area contributed by atoms with E-state index in [0.29, 0.717) is 23.9 Å². The molecule has 0 unspecified atom stereocenters. The van der Waals surface area contributed by atoms with Crippen LogP contribution >= 0.6 is 0 Å². The molecule has 0 bridgehead atoms. The van der Waals surface area contributed by atoms with Crippen molar-refractivity contribution in [2.24, 2.45) is 0 Å². The Labute approximate surface area is 110 Å². The van der Waals surface area contributed by atoms with Crippen molar-refractivity contribution < 1.29 is 8.78 Å². The predicted octanol–water partition coefficient (Wildman–Crippen LogP) is 3.47. The van der Waals surface area contributed by atoms with Gasteiger partial charge in [0, 0.05) is 17.8 Å². The second-order valence-corrected chi connectivity index (χ2v) is 4.31. The highest BCUT2D eigenvalue weighted by molar-refractivity contribution is 5.62. The van der Waals surface area contributed by atoms with E-state index in [1.54, 1.807) is 13.0 Å². The van der Waals surface area contributed by atoms with Gasteiger partial charge in [-0.15, -0.1) is 0 Å². The van der Waals surface area contributed by atoms with Crippen molar-refractivity contribution in [1.82, 2.24) is 9.97 Å². The molecule has 0 aliphatic heterocycles. The number of anilines is 1. The van der Waals surface area contributed by atoms with Gasteiger partial charge >= 0.3 is 0 Å². The average Bonchev–Trinajstić information content (AvgIpc) is 2.36. The van der Waals surface area contributed by atoms with Crippen LogP contribution in [-0.2, 0) is 0 Å². The zero-order chi connectivity index (χ0) is 14.0. The van der Waals surface area contributed by atoms with Crippen LogP contribution in [0.3, 0.4) is 0 Å². The third-order valence-electron chi connectivity index (χ3n) is 2.74. The molecule has 1 heterocycles. The molecular weight excluding hydrogens is 248 g/mol. The summed E-state index contributed by atoms with van der Waals surface area (Å²) in [5, 5.41) is 2.97. The van der Waals surface area contributed by atoms with Gasteiger partial charge in [-0.3, -0.25) is 0 Å². The maximum atomic E-state index is 13.9. The Bertz CT molecular complexity index is 612. The molecule has 1 aromatic heterocycles. The first-order valence-electron chi connectivity index (χ1n) is 6.07. The van der Waals surface area contributed by atoms with E-state index in [9.17, 15) is 8.78 Å². The van der Waals surface area contributed by atoms with E-state index in [0.717, 1.165) is 0 Å². The molecule has 0 amide bonds. The fourth-order valence-corrected chi connectivity index (χ4v) is 1.79. The third-order valence-corrected chi connectivity index (χ3v) is 2.74. The van der Waals surface area contributed by atoms with Crippen molar-refractivity contribution in [1.29, 1.82) is 0 Å². The van der Waals surface area contributed by atoms with E-state index < -0.39 is 11.6 Å².